The molecule has 1 heterocycles. The number of benzene rings is 2. The van der Waals surface area contributed by atoms with Crippen LogP contribution in [0.3, 0.4) is 0 Å². The molecule has 25 heavy (non-hydrogen) atoms. The number of thioether (sulfide) groups is 1. The molecule has 0 bridgehead atoms. The molecule has 1 amide bonds. The number of anilines is 1. The molecule has 0 radical (unpaired) electrons. The van der Waals surface area contributed by atoms with Gasteiger partial charge in [0.15, 0.2) is 0 Å². The van der Waals surface area contributed by atoms with E-state index in [-0.39, 0.29) is 5.91 Å². The third kappa shape index (κ3) is 4.67. The SMILES string of the molecule is Cc1cccc(CSCC(=O)Nc2cc(-n3cnnn3)ccc2C)c1. The minimum absolute atomic E-state index is 0.0189. The number of tetrazole rings is 1. The molecule has 0 saturated heterocycles. The fraction of sp³-hybridized carbons (Fsp3) is 0.222. The maximum Gasteiger partial charge on any atom is 0.234 e. The largest absolute Gasteiger partial charge is 0.325 e. The van der Waals surface area contributed by atoms with Crippen molar-refractivity contribution in [3.8, 4) is 5.69 Å². The second-order valence-corrected chi connectivity index (χ2v) is 6.77. The van der Waals surface area contributed by atoms with Crippen LogP contribution in [0.4, 0.5) is 5.69 Å². The van der Waals surface area contributed by atoms with Crippen LogP contribution in [0.1, 0.15) is 16.7 Å². The molecular formula is C18H19N5OS. The van der Waals surface area contributed by atoms with E-state index in [0.717, 1.165) is 22.7 Å². The molecule has 0 aliphatic heterocycles. The Balaban J connectivity index is 1.58. The van der Waals surface area contributed by atoms with Gasteiger partial charge in [-0.1, -0.05) is 35.9 Å². The van der Waals surface area contributed by atoms with Gasteiger partial charge in [0.05, 0.1) is 11.4 Å². The number of amides is 1. The number of aryl methyl sites for hydroxylation is 2. The monoisotopic (exact) mass is 353 g/mol. The van der Waals surface area contributed by atoms with Crippen LogP contribution >= 0.6 is 11.8 Å². The Kier molecular flexibility index (Phi) is 5.45. The molecule has 128 valence electrons. The summed E-state index contributed by atoms with van der Waals surface area (Å²) in [5, 5.41) is 14.1. The van der Waals surface area contributed by atoms with Crippen LogP contribution in [0.2, 0.25) is 0 Å². The zero-order valence-electron chi connectivity index (χ0n) is 14.1. The summed E-state index contributed by atoms with van der Waals surface area (Å²) < 4.78 is 1.56. The van der Waals surface area contributed by atoms with E-state index >= 15 is 0 Å². The number of nitrogens with one attached hydrogen (secondary N) is 1. The maximum absolute atomic E-state index is 12.2. The number of hydrogen-bond donors (Lipinski definition) is 1. The Hall–Kier alpha value is -2.67. The second-order valence-electron chi connectivity index (χ2n) is 5.78. The van der Waals surface area contributed by atoms with Gasteiger partial charge in [-0.15, -0.1) is 16.9 Å². The first-order valence-electron chi connectivity index (χ1n) is 7.89. The van der Waals surface area contributed by atoms with E-state index < -0.39 is 0 Å². The van der Waals surface area contributed by atoms with Crippen LogP contribution in [0.25, 0.3) is 5.69 Å². The highest BCUT2D eigenvalue weighted by atomic mass is 32.2. The minimum Gasteiger partial charge on any atom is -0.325 e. The summed E-state index contributed by atoms with van der Waals surface area (Å²) >= 11 is 1.60. The van der Waals surface area contributed by atoms with Crippen LogP contribution in [0.15, 0.2) is 48.8 Å². The number of rotatable bonds is 6. The average molecular weight is 353 g/mol. The van der Waals surface area contributed by atoms with E-state index in [1.807, 2.05) is 31.2 Å². The first kappa shape index (κ1) is 17.2. The van der Waals surface area contributed by atoms with Crippen molar-refractivity contribution < 1.29 is 4.79 Å². The van der Waals surface area contributed by atoms with Gasteiger partial charge in [0, 0.05) is 11.4 Å². The summed E-state index contributed by atoms with van der Waals surface area (Å²) in [5.41, 5.74) is 5.04. The van der Waals surface area contributed by atoms with Gasteiger partial charge in [-0.3, -0.25) is 4.79 Å². The zero-order valence-corrected chi connectivity index (χ0v) is 15.0. The molecule has 1 N–H and O–H groups in total. The van der Waals surface area contributed by atoms with Gasteiger partial charge in [-0.2, -0.15) is 0 Å². The normalized spacial score (nSPS) is 10.6. The first-order chi connectivity index (χ1) is 12.1. The Labute approximate surface area is 150 Å². The van der Waals surface area contributed by atoms with Gasteiger partial charge in [-0.05, 0) is 47.5 Å². The molecule has 0 fully saturated rings. The number of hydrogen-bond acceptors (Lipinski definition) is 5. The topological polar surface area (TPSA) is 72.7 Å². The van der Waals surface area contributed by atoms with Crippen molar-refractivity contribution in [1.82, 2.24) is 20.2 Å². The standard InChI is InChI=1S/C18H19N5OS/c1-13-4-3-5-15(8-13)10-25-11-18(24)20-17-9-16(7-6-14(17)2)23-12-19-21-22-23/h3-9,12H,10-11H2,1-2H3,(H,20,24). The average Bonchev–Trinajstić information content (AvgIpc) is 3.11. The lowest BCUT2D eigenvalue weighted by atomic mass is 10.2. The molecule has 2 aromatic carbocycles. The lowest BCUT2D eigenvalue weighted by Crippen LogP contribution is -2.15. The fourth-order valence-electron chi connectivity index (χ4n) is 2.42. The molecule has 0 aliphatic carbocycles. The van der Waals surface area contributed by atoms with Crippen molar-refractivity contribution in [3.05, 3.63) is 65.5 Å². The molecular weight excluding hydrogens is 334 g/mol. The van der Waals surface area contributed by atoms with Crippen LogP contribution < -0.4 is 5.32 Å². The van der Waals surface area contributed by atoms with Gasteiger partial charge in [0.25, 0.3) is 0 Å². The number of carbonyl (C=O) groups excluding carboxylic acids is 1. The quantitative estimate of drug-likeness (QED) is 0.737. The Morgan fingerprint density at radius 2 is 2.08 bits per heavy atom. The van der Waals surface area contributed by atoms with Gasteiger partial charge in [0.1, 0.15) is 6.33 Å². The predicted molar refractivity (Wildman–Crippen MR) is 99.9 cm³/mol. The van der Waals surface area contributed by atoms with Crippen molar-refractivity contribution in [2.24, 2.45) is 0 Å². The van der Waals surface area contributed by atoms with Crippen molar-refractivity contribution in [2.45, 2.75) is 19.6 Å². The molecule has 0 atom stereocenters. The van der Waals surface area contributed by atoms with Gasteiger partial charge >= 0.3 is 0 Å². The van der Waals surface area contributed by atoms with E-state index in [0.29, 0.717) is 5.75 Å². The summed E-state index contributed by atoms with van der Waals surface area (Å²) in [5.74, 6) is 1.20. The highest BCUT2D eigenvalue weighted by molar-refractivity contribution is 7.99. The first-order valence-corrected chi connectivity index (χ1v) is 9.04. The van der Waals surface area contributed by atoms with Crippen molar-refractivity contribution in [3.63, 3.8) is 0 Å². The maximum atomic E-state index is 12.2. The third-order valence-corrected chi connectivity index (χ3v) is 4.70. The smallest absolute Gasteiger partial charge is 0.234 e. The van der Waals surface area contributed by atoms with Crippen LogP contribution in [-0.2, 0) is 10.5 Å². The van der Waals surface area contributed by atoms with E-state index in [4.69, 9.17) is 0 Å². The molecule has 0 unspecified atom stereocenters. The van der Waals surface area contributed by atoms with E-state index in [2.05, 4.69) is 46.0 Å². The highest BCUT2D eigenvalue weighted by Gasteiger charge is 2.08. The number of nitrogens with zero attached hydrogens (tertiary/aromatic N) is 4. The Morgan fingerprint density at radius 1 is 1.20 bits per heavy atom. The molecule has 0 aliphatic rings. The summed E-state index contributed by atoms with van der Waals surface area (Å²) in [6.45, 7) is 4.03. The Bertz CT molecular complexity index is 864. The minimum atomic E-state index is -0.0189. The lowest BCUT2D eigenvalue weighted by molar-refractivity contribution is -0.113. The number of aromatic nitrogens is 4. The van der Waals surface area contributed by atoms with E-state index in [1.54, 1.807) is 16.4 Å². The zero-order chi connectivity index (χ0) is 17.6. The predicted octanol–water partition coefficient (Wildman–Crippen LogP) is 3.15. The Morgan fingerprint density at radius 3 is 2.84 bits per heavy atom. The van der Waals surface area contributed by atoms with Crippen LogP contribution in [0, 0.1) is 13.8 Å². The molecule has 7 heteroatoms. The molecule has 1 aromatic heterocycles. The summed E-state index contributed by atoms with van der Waals surface area (Å²) in [7, 11) is 0. The van der Waals surface area contributed by atoms with Crippen molar-refractivity contribution in [2.75, 3.05) is 11.1 Å². The van der Waals surface area contributed by atoms with Crippen molar-refractivity contribution in [1.29, 1.82) is 0 Å². The third-order valence-electron chi connectivity index (χ3n) is 3.69. The van der Waals surface area contributed by atoms with E-state index in [9.17, 15) is 4.79 Å². The molecule has 0 saturated carbocycles. The molecule has 6 nitrogen and oxygen atoms in total. The molecule has 0 spiro atoms. The summed E-state index contributed by atoms with van der Waals surface area (Å²) in [4.78, 5) is 12.2. The van der Waals surface area contributed by atoms with E-state index in [1.165, 1.54) is 17.5 Å². The van der Waals surface area contributed by atoms with Gasteiger partial charge in [0.2, 0.25) is 5.91 Å². The van der Waals surface area contributed by atoms with Crippen molar-refractivity contribution >= 4 is 23.4 Å². The number of carbonyl (C=O) groups is 1. The highest BCUT2D eigenvalue weighted by Crippen LogP contribution is 2.20. The summed E-state index contributed by atoms with van der Waals surface area (Å²) in [6.07, 6.45) is 1.52. The van der Waals surface area contributed by atoms with Crippen LogP contribution in [-0.4, -0.2) is 31.9 Å². The molecule has 3 rings (SSSR count). The fourth-order valence-corrected chi connectivity index (χ4v) is 3.19. The van der Waals surface area contributed by atoms with Crippen LogP contribution in [0.5, 0.6) is 0 Å². The van der Waals surface area contributed by atoms with Gasteiger partial charge < -0.3 is 5.32 Å². The molecule has 3 aromatic rings. The lowest BCUT2D eigenvalue weighted by Gasteiger charge is -2.10. The summed E-state index contributed by atoms with van der Waals surface area (Å²) in [6, 6.07) is 14.1. The van der Waals surface area contributed by atoms with Gasteiger partial charge in [-0.25, -0.2) is 4.68 Å². The second kappa shape index (κ2) is 7.94.